The lowest BCUT2D eigenvalue weighted by molar-refractivity contribution is 0.348. The fourth-order valence-electron chi connectivity index (χ4n) is 2.77. The monoisotopic (exact) mass is 377 g/mol. The van der Waals surface area contributed by atoms with Crippen LogP contribution < -0.4 is 0 Å². The molecule has 1 aromatic carbocycles. The predicted octanol–water partition coefficient (Wildman–Crippen LogP) is 2.37. The number of hydrogen-bond acceptors (Lipinski definition) is 6. The molecule has 9 heteroatoms. The minimum absolute atomic E-state index is 0.138. The van der Waals surface area contributed by atoms with Crippen molar-refractivity contribution in [3.8, 4) is 5.69 Å². The summed E-state index contributed by atoms with van der Waals surface area (Å²) in [7, 11) is -3.61. The van der Waals surface area contributed by atoms with Crippen molar-refractivity contribution in [1.29, 1.82) is 0 Å². The summed E-state index contributed by atoms with van der Waals surface area (Å²) in [6.45, 7) is 4.19. The topological polar surface area (TPSA) is 81.0 Å². The molecule has 7 nitrogen and oxygen atoms in total. The van der Waals surface area contributed by atoms with Crippen LogP contribution in [0, 0.1) is 0 Å². The minimum Gasteiger partial charge on any atom is -0.207 e. The van der Waals surface area contributed by atoms with Crippen molar-refractivity contribution >= 4 is 21.4 Å². The first-order chi connectivity index (χ1) is 12.0. The Labute approximate surface area is 151 Å². The molecule has 2 aromatic heterocycles. The van der Waals surface area contributed by atoms with Gasteiger partial charge in [-0.15, -0.1) is 5.10 Å². The molecule has 25 heavy (non-hydrogen) atoms. The molecule has 0 aliphatic heterocycles. The molecular formula is C16H19N5O2S2. The quantitative estimate of drug-likeness (QED) is 0.631. The Balaban J connectivity index is 1.89. The van der Waals surface area contributed by atoms with Gasteiger partial charge in [0.15, 0.2) is 0 Å². The number of aromatic nitrogens is 4. The van der Waals surface area contributed by atoms with E-state index in [-0.39, 0.29) is 10.9 Å². The van der Waals surface area contributed by atoms with Crippen molar-refractivity contribution < 1.29 is 8.42 Å². The van der Waals surface area contributed by atoms with Crippen molar-refractivity contribution in [3.05, 3.63) is 53.0 Å². The van der Waals surface area contributed by atoms with Crippen LogP contribution >= 0.6 is 11.3 Å². The smallest absolute Gasteiger partial charge is 0.207 e. The lowest BCUT2D eigenvalue weighted by Crippen LogP contribution is -2.39. The number of tetrazole rings is 1. The SMILES string of the molecule is CCN(C(C)Cc1ccsc1)S(=O)(=O)c1cccc(-n2cnnn2)c1. The molecule has 0 N–H and O–H groups in total. The summed E-state index contributed by atoms with van der Waals surface area (Å²) in [5.74, 6) is 0. The largest absolute Gasteiger partial charge is 0.243 e. The number of thiophene rings is 1. The van der Waals surface area contributed by atoms with Gasteiger partial charge in [-0.25, -0.2) is 13.1 Å². The van der Waals surface area contributed by atoms with E-state index in [1.807, 2.05) is 25.3 Å². The van der Waals surface area contributed by atoms with Crippen LogP contribution in [0.15, 0.2) is 52.3 Å². The molecule has 132 valence electrons. The van der Waals surface area contributed by atoms with Crippen LogP contribution in [0.5, 0.6) is 0 Å². The molecule has 0 amide bonds. The summed E-state index contributed by atoms with van der Waals surface area (Å²) in [6, 6.07) is 8.54. The second-order valence-corrected chi connectivity index (χ2v) is 8.32. The summed E-state index contributed by atoms with van der Waals surface area (Å²) in [6.07, 6.45) is 2.12. The van der Waals surface area contributed by atoms with Crippen molar-refractivity contribution in [2.45, 2.75) is 31.2 Å². The highest BCUT2D eigenvalue weighted by atomic mass is 32.2. The summed E-state index contributed by atoms with van der Waals surface area (Å²) >= 11 is 1.62. The Bertz CT molecular complexity index is 908. The molecule has 0 radical (unpaired) electrons. The average molecular weight is 377 g/mol. The van der Waals surface area contributed by atoms with Crippen LogP contribution in [0.4, 0.5) is 0 Å². The van der Waals surface area contributed by atoms with E-state index in [1.165, 1.54) is 15.3 Å². The predicted molar refractivity (Wildman–Crippen MR) is 96.2 cm³/mol. The van der Waals surface area contributed by atoms with E-state index in [2.05, 4.69) is 20.9 Å². The summed E-state index contributed by atoms with van der Waals surface area (Å²) < 4.78 is 29.2. The number of benzene rings is 1. The molecule has 2 heterocycles. The van der Waals surface area contributed by atoms with Gasteiger partial charge < -0.3 is 0 Å². The molecule has 0 saturated carbocycles. The van der Waals surface area contributed by atoms with Crippen LogP contribution in [0.3, 0.4) is 0 Å². The van der Waals surface area contributed by atoms with Crippen LogP contribution in [0.2, 0.25) is 0 Å². The highest BCUT2D eigenvalue weighted by molar-refractivity contribution is 7.89. The van der Waals surface area contributed by atoms with Crippen molar-refractivity contribution in [3.63, 3.8) is 0 Å². The van der Waals surface area contributed by atoms with E-state index in [9.17, 15) is 8.42 Å². The van der Waals surface area contributed by atoms with E-state index in [1.54, 1.807) is 35.6 Å². The lowest BCUT2D eigenvalue weighted by Gasteiger charge is -2.27. The normalized spacial score (nSPS) is 13.2. The lowest BCUT2D eigenvalue weighted by atomic mass is 10.1. The molecule has 3 rings (SSSR count). The summed E-state index contributed by atoms with van der Waals surface area (Å²) in [4.78, 5) is 0.236. The van der Waals surface area contributed by atoms with E-state index >= 15 is 0 Å². The molecule has 3 aromatic rings. The number of rotatable bonds is 7. The zero-order valence-corrected chi connectivity index (χ0v) is 15.6. The van der Waals surface area contributed by atoms with Gasteiger partial charge >= 0.3 is 0 Å². The van der Waals surface area contributed by atoms with Gasteiger partial charge in [-0.2, -0.15) is 15.6 Å². The second-order valence-electron chi connectivity index (χ2n) is 5.64. The maximum Gasteiger partial charge on any atom is 0.243 e. The molecule has 1 unspecified atom stereocenters. The molecule has 0 saturated heterocycles. The first-order valence-electron chi connectivity index (χ1n) is 7.88. The van der Waals surface area contributed by atoms with Crippen molar-refractivity contribution in [1.82, 2.24) is 24.5 Å². The summed E-state index contributed by atoms with van der Waals surface area (Å²) in [5, 5.41) is 15.0. The maximum atomic E-state index is 13.1. The number of nitrogens with zero attached hydrogens (tertiary/aromatic N) is 5. The Morgan fingerprint density at radius 2 is 2.16 bits per heavy atom. The molecule has 0 aliphatic carbocycles. The number of likely N-dealkylation sites (N-methyl/N-ethyl adjacent to an activating group) is 1. The zero-order chi connectivity index (χ0) is 17.9. The molecule has 0 spiro atoms. The Morgan fingerprint density at radius 3 is 2.80 bits per heavy atom. The fraction of sp³-hybridized carbons (Fsp3) is 0.312. The average Bonchev–Trinajstić information content (AvgIpc) is 3.29. The first kappa shape index (κ1) is 17.7. The van der Waals surface area contributed by atoms with E-state index < -0.39 is 10.0 Å². The molecule has 1 atom stereocenters. The van der Waals surface area contributed by atoms with E-state index in [0.717, 1.165) is 5.56 Å². The first-order valence-corrected chi connectivity index (χ1v) is 10.3. The van der Waals surface area contributed by atoms with Gasteiger partial charge in [0.05, 0.1) is 10.6 Å². The minimum atomic E-state index is -3.61. The Hall–Kier alpha value is -2.10. The van der Waals surface area contributed by atoms with E-state index in [4.69, 9.17) is 0 Å². The third kappa shape index (κ3) is 3.78. The van der Waals surface area contributed by atoms with Crippen LogP contribution in [-0.4, -0.2) is 45.5 Å². The van der Waals surface area contributed by atoms with Gasteiger partial charge in [0.1, 0.15) is 6.33 Å². The fourth-order valence-corrected chi connectivity index (χ4v) is 5.13. The van der Waals surface area contributed by atoms with Crippen LogP contribution in [-0.2, 0) is 16.4 Å². The number of sulfonamides is 1. The number of hydrogen-bond donors (Lipinski definition) is 0. The van der Waals surface area contributed by atoms with E-state index in [0.29, 0.717) is 18.7 Å². The third-order valence-electron chi connectivity index (χ3n) is 3.95. The van der Waals surface area contributed by atoms with Crippen LogP contribution in [0.25, 0.3) is 5.69 Å². The van der Waals surface area contributed by atoms with Gasteiger partial charge in [0.25, 0.3) is 0 Å². The van der Waals surface area contributed by atoms with Crippen LogP contribution in [0.1, 0.15) is 19.4 Å². The Morgan fingerprint density at radius 1 is 1.32 bits per heavy atom. The zero-order valence-electron chi connectivity index (χ0n) is 14.0. The standard InChI is InChI=1S/C16H19N5O2S2/c1-3-21(13(2)9-14-7-8-24-11-14)25(22,23)16-6-4-5-15(10-16)20-12-17-18-19-20/h4-8,10-13H,3,9H2,1-2H3. The van der Waals surface area contributed by atoms with Gasteiger partial charge in [0.2, 0.25) is 10.0 Å². The highest BCUT2D eigenvalue weighted by Gasteiger charge is 2.28. The molecular weight excluding hydrogens is 358 g/mol. The van der Waals surface area contributed by atoms with Gasteiger partial charge in [-0.05, 0) is 64.4 Å². The highest BCUT2D eigenvalue weighted by Crippen LogP contribution is 2.22. The third-order valence-corrected chi connectivity index (χ3v) is 6.77. The molecule has 0 aliphatic rings. The van der Waals surface area contributed by atoms with Crippen molar-refractivity contribution in [2.24, 2.45) is 0 Å². The van der Waals surface area contributed by atoms with Crippen molar-refractivity contribution in [2.75, 3.05) is 6.54 Å². The second kappa shape index (κ2) is 7.42. The maximum absolute atomic E-state index is 13.1. The summed E-state index contributed by atoms with van der Waals surface area (Å²) in [5.41, 5.74) is 1.75. The van der Waals surface area contributed by atoms with Gasteiger partial charge in [-0.3, -0.25) is 0 Å². The van der Waals surface area contributed by atoms with Gasteiger partial charge in [-0.1, -0.05) is 13.0 Å². The van der Waals surface area contributed by atoms with Gasteiger partial charge in [0, 0.05) is 12.6 Å². The molecule has 0 bridgehead atoms. The molecule has 0 fully saturated rings. The Kier molecular flexibility index (Phi) is 5.26.